The lowest BCUT2D eigenvalue weighted by molar-refractivity contribution is -0.121. The quantitative estimate of drug-likeness (QED) is 0.599. The molecule has 1 nitrogen and oxygen atoms in total. The molecular weight excluding hydrogens is 184 g/mol. The summed E-state index contributed by atoms with van der Waals surface area (Å²) in [7, 11) is 0. The third-order valence-corrected chi connectivity index (χ3v) is 5.85. The Morgan fingerprint density at radius 1 is 1.47 bits per heavy atom. The summed E-state index contributed by atoms with van der Waals surface area (Å²) in [4.78, 5) is 11.9. The van der Waals surface area contributed by atoms with Gasteiger partial charge in [0.2, 0.25) is 0 Å². The molecule has 0 heterocycles. The van der Waals surface area contributed by atoms with Gasteiger partial charge in [0.15, 0.2) is 0 Å². The van der Waals surface area contributed by atoms with Gasteiger partial charge in [-0.05, 0) is 42.4 Å². The van der Waals surface area contributed by atoms with Gasteiger partial charge in [-0.1, -0.05) is 26.0 Å². The Hall–Kier alpha value is -0.590. The summed E-state index contributed by atoms with van der Waals surface area (Å²) in [6.45, 7) is 10.9. The van der Waals surface area contributed by atoms with Crippen molar-refractivity contribution in [2.75, 3.05) is 0 Å². The highest BCUT2D eigenvalue weighted by molar-refractivity contribution is 5.90. The van der Waals surface area contributed by atoms with Crippen molar-refractivity contribution in [2.45, 2.75) is 40.0 Å². The first-order valence-electron chi connectivity index (χ1n) is 6.08. The predicted octanol–water partition coefficient (Wildman–Crippen LogP) is 3.20. The van der Waals surface area contributed by atoms with E-state index in [0.717, 1.165) is 6.42 Å². The summed E-state index contributed by atoms with van der Waals surface area (Å²) < 4.78 is 0. The highest BCUT2D eigenvalue weighted by Crippen LogP contribution is 2.80. The second-order valence-corrected chi connectivity index (χ2v) is 6.55. The van der Waals surface area contributed by atoms with Gasteiger partial charge in [-0.25, -0.2) is 0 Å². The Balaban J connectivity index is 1.97. The van der Waals surface area contributed by atoms with E-state index in [1.54, 1.807) is 0 Å². The fourth-order valence-corrected chi connectivity index (χ4v) is 4.65. The molecule has 0 N–H and O–H groups in total. The van der Waals surface area contributed by atoms with E-state index < -0.39 is 0 Å². The first kappa shape index (κ1) is 9.62. The highest BCUT2D eigenvalue weighted by Gasteiger charge is 2.78. The lowest BCUT2D eigenvalue weighted by Gasteiger charge is -2.42. The van der Waals surface area contributed by atoms with Gasteiger partial charge in [-0.15, -0.1) is 0 Å². The molecule has 0 radical (unpaired) electrons. The van der Waals surface area contributed by atoms with Crippen LogP contribution in [-0.2, 0) is 4.79 Å². The van der Waals surface area contributed by atoms with Gasteiger partial charge in [0.25, 0.3) is 0 Å². The molecule has 82 valence electrons. The monoisotopic (exact) mass is 204 g/mol. The number of ketones is 1. The average molecular weight is 204 g/mol. The van der Waals surface area contributed by atoms with Gasteiger partial charge in [-0.3, -0.25) is 4.79 Å². The van der Waals surface area contributed by atoms with E-state index in [-0.39, 0.29) is 5.41 Å². The van der Waals surface area contributed by atoms with E-state index in [1.165, 1.54) is 18.4 Å². The van der Waals surface area contributed by atoms with Crippen molar-refractivity contribution in [3.8, 4) is 0 Å². The third-order valence-electron chi connectivity index (χ3n) is 5.85. The molecule has 3 rings (SSSR count). The van der Waals surface area contributed by atoms with Gasteiger partial charge >= 0.3 is 0 Å². The lowest BCUT2D eigenvalue weighted by atomic mass is 9.62. The maximum atomic E-state index is 11.9. The second-order valence-electron chi connectivity index (χ2n) is 6.55. The minimum atomic E-state index is 0.279. The zero-order chi connectivity index (χ0) is 11.0. The number of hydrogen-bond acceptors (Lipinski definition) is 1. The second kappa shape index (κ2) is 2.39. The molecule has 0 amide bonds. The van der Waals surface area contributed by atoms with Gasteiger partial charge in [0, 0.05) is 12.3 Å². The van der Waals surface area contributed by atoms with Gasteiger partial charge < -0.3 is 0 Å². The molecule has 5 atom stereocenters. The van der Waals surface area contributed by atoms with Crippen molar-refractivity contribution in [3.05, 3.63) is 12.2 Å². The van der Waals surface area contributed by atoms with E-state index in [4.69, 9.17) is 0 Å². The van der Waals surface area contributed by atoms with Crippen LogP contribution >= 0.6 is 0 Å². The first-order valence-corrected chi connectivity index (χ1v) is 6.08. The largest absolute Gasteiger partial charge is 0.299 e. The minimum Gasteiger partial charge on any atom is -0.299 e. The zero-order valence-electron chi connectivity index (χ0n) is 9.97. The average Bonchev–Trinajstić information content (AvgIpc) is 2.64. The summed E-state index contributed by atoms with van der Waals surface area (Å²) >= 11 is 0. The number of allylic oxidation sites excluding steroid dienone is 1. The Morgan fingerprint density at radius 2 is 2.13 bits per heavy atom. The van der Waals surface area contributed by atoms with Crippen molar-refractivity contribution < 1.29 is 4.79 Å². The fraction of sp³-hybridized carbons (Fsp3) is 0.786. The number of rotatable bonds is 1. The number of fused-ring (bicyclic) bond motifs is 1. The van der Waals surface area contributed by atoms with Crippen molar-refractivity contribution in [3.63, 3.8) is 0 Å². The van der Waals surface area contributed by atoms with Gasteiger partial charge in [0.1, 0.15) is 5.78 Å². The van der Waals surface area contributed by atoms with E-state index in [1.807, 2.05) is 0 Å². The van der Waals surface area contributed by atoms with E-state index in [2.05, 4.69) is 27.4 Å². The molecule has 0 bridgehead atoms. The highest BCUT2D eigenvalue weighted by atomic mass is 16.1. The molecule has 15 heavy (non-hydrogen) atoms. The Labute approximate surface area is 91.9 Å². The van der Waals surface area contributed by atoms with Crippen molar-refractivity contribution in [1.82, 2.24) is 0 Å². The molecule has 3 fully saturated rings. The van der Waals surface area contributed by atoms with Crippen LogP contribution in [0.3, 0.4) is 0 Å². The van der Waals surface area contributed by atoms with Crippen LogP contribution in [0.5, 0.6) is 0 Å². The maximum Gasteiger partial charge on any atom is 0.137 e. The smallest absolute Gasteiger partial charge is 0.137 e. The van der Waals surface area contributed by atoms with Crippen molar-refractivity contribution in [1.29, 1.82) is 0 Å². The van der Waals surface area contributed by atoms with Gasteiger partial charge in [-0.2, -0.15) is 0 Å². The topological polar surface area (TPSA) is 17.1 Å². The van der Waals surface area contributed by atoms with Gasteiger partial charge in [0.05, 0.1) is 0 Å². The van der Waals surface area contributed by atoms with E-state index >= 15 is 0 Å². The van der Waals surface area contributed by atoms with E-state index in [0.29, 0.717) is 29.0 Å². The Morgan fingerprint density at radius 3 is 2.67 bits per heavy atom. The first-order chi connectivity index (χ1) is 6.90. The SMILES string of the molecule is C=C(C)[C@@H]1CC2C3C(=O)C[C@](C)(C1)[C@]23C. The summed E-state index contributed by atoms with van der Waals surface area (Å²) in [5.41, 5.74) is 1.96. The van der Waals surface area contributed by atoms with Crippen molar-refractivity contribution >= 4 is 5.78 Å². The van der Waals surface area contributed by atoms with Crippen LogP contribution < -0.4 is 0 Å². The van der Waals surface area contributed by atoms with Crippen molar-refractivity contribution in [2.24, 2.45) is 28.6 Å². The molecule has 3 aliphatic carbocycles. The molecule has 0 aromatic heterocycles. The van der Waals surface area contributed by atoms with Crippen LogP contribution in [0.1, 0.15) is 40.0 Å². The van der Waals surface area contributed by atoms with Crippen LogP contribution in [0.15, 0.2) is 12.2 Å². The Bertz CT molecular complexity index is 370. The predicted molar refractivity (Wildman–Crippen MR) is 60.4 cm³/mol. The molecule has 1 heteroatoms. The molecule has 0 aliphatic heterocycles. The fourth-order valence-electron chi connectivity index (χ4n) is 4.65. The molecule has 0 saturated heterocycles. The summed E-state index contributed by atoms with van der Waals surface area (Å²) in [6.07, 6.45) is 3.24. The number of Topliss-reactive ketones (excluding diaryl/α,β-unsaturated/α-hetero) is 1. The minimum absolute atomic E-state index is 0.279. The summed E-state index contributed by atoms with van der Waals surface area (Å²) in [5, 5.41) is 0. The van der Waals surface area contributed by atoms with E-state index in [9.17, 15) is 4.79 Å². The zero-order valence-corrected chi connectivity index (χ0v) is 9.97. The summed E-state index contributed by atoms with van der Waals surface area (Å²) in [6, 6.07) is 0. The number of carbonyl (C=O) groups excluding carboxylic acids is 1. The van der Waals surface area contributed by atoms with Crippen LogP contribution in [0.25, 0.3) is 0 Å². The van der Waals surface area contributed by atoms with Crippen LogP contribution in [0.4, 0.5) is 0 Å². The molecule has 0 aromatic rings. The summed E-state index contributed by atoms with van der Waals surface area (Å²) in [5.74, 6) is 2.31. The lowest BCUT2D eigenvalue weighted by Crippen LogP contribution is -2.34. The molecule has 0 aromatic carbocycles. The molecule has 0 spiro atoms. The number of hydrogen-bond donors (Lipinski definition) is 0. The normalized spacial score (nSPS) is 56.5. The molecule has 2 unspecified atom stereocenters. The maximum absolute atomic E-state index is 11.9. The molecular formula is C14H20O. The molecule has 3 aliphatic rings. The van der Waals surface area contributed by atoms with Crippen LogP contribution in [0.2, 0.25) is 0 Å². The number of carbonyl (C=O) groups is 1. The third kappa shape index (κ3) is 0.885. The Kier molecular flexibility index (Phi) is 1.53. The standard InChI is InChI=1S/C14H20O/c1-8(2)9-5-10-12-11(15)7-13(3,6-9)14(10,12)4/h9-10,12H,1,5-7H2,2-4H3/t9-,10?,12?,13+,14-/m1/s1. The van der Waals surface area contributed by atoms with Crippen LogP contribution in [-0.4, -0.2) is 5.78 Å². The van der Waals surface area contributed by atoms with Crippen LogP contribution in [0, 0.1) is 28.6 Å². The molecule has 3 saturated carbocycles.